The number of hydrogen-bond acceptors (Lipinski definition) is 1. The molecule has 2 aromatic carbocycles. The van der Waals surface area contributed by atoms with Crippen LogP contribution in [0.1, 0.15) is 24.1 Å². The van der Waals surface area contributed by atoms with Crippen LogP contribution in [0.4, 0.5) is 8.78 Å². The van der Waals surface area contributed by atoms with Crippen LogP contribution in [0.25, 0.3) is 0 Å². The summed E-state index contributed by atoms with van der Waals surface area (Å²) in [5, 5.41) is 6.47. The van der Waals surface area contributed by atoms with Gasteiger partial charge in [-0.25, -0.2) is 13.8 Å². The van der Waals surface area contributed by atoms with Gasteiger partial charge in [-0.05, 0) is 24.6 Å². The molecule has 0 aromatic heterocycles. The first-order valence-corrected chi connectivity index (χ1v) is 7.20. The highest BCUT2D eigenvalue weighted by Crippen LogP contribution is 2.20. The maximum atomic E-state index is 13.6. The van der Waals surface area contributed by atoms with Crippen molar-refractivity contribution in [1.82, 2.24) is 10.6 Å². The minimum absolute atomic E-state index is 0.0191. The van der Waals surface area contributed by atoms with Crippen LogP contribution < -0.4 is 10.6 Å². The highest BCUT2D eigenvalue weighted by molar-refractivity contribution is 5.83. The van der Waals surface area contributed by atoms with Crippen LogP contribution >= 0.6 is 0 Å². The number of hydrogen-bond donors (Lipinski definition) is 2. The van der Waals surface area contributed by atoms with E-state index in [1.807, 2.05) is 37.3 Å². The summed E-state index contributed by atoms with van der Waals surface area (Å²) < 4.78 is 27.2. The fraction of sp³-hybridized carbons (Fsp3) is 0.235. The van der Waals surface area contributed by atoms with Crippen molar-refractivity contribution in [2.24, 2.45) is 4.99 Å². The van der Waals surface area contributed by atoms with Gasteiger partial charge in [-0.1, -0.05) is 36.4 Å². The van der Waals surface area contributed by atoms with Gasteiger partial charge in [-0.3, -0.25) is 0 Å². The summed E-state index contributed by atoms with van der Waals surface area (Å²) in [6.45, 7) is 2.00. The molecule has 22 heavy (non-hydrogen) atoms. The van der Waals surface area contributed by atoms with E-state index in [4.69, 9.17) is 0 Å². The van der Waals surface area contributed by atoms with E-state index in [1.165, 1.54) is 18.2 Å². The summed E-state index contributed by atoms with van der Waals surface area (Å²) in [5.74, 6) is -0.589. The van der Waals surface area contributed by atoms with Gasteiger partial charge in [0, 0.05) is 5.56 Å². The molecule has 2 N–H and O–H groups in total. The fourth-order valence-electron chi connectivity index (χ4n) is 2.58. The van der Waals surface area contributed by atoms with Gasteiger partial charge in [0.1, 0.15) is 11.6 Å². The standard InChI is InChI=1S/C17H17F2N3/c1-11-16(12-6-3-2-4-7-12)22-17(21-11)20-10-13-14(18)8-5-9-15(13)19/h2-9,11,16H,10H2,1H3,(H2,20,21,22)/t11-,16-/m0/s1. The number of halogens is 2. The Hall–Kier alpha value is -2.43. The Morgan fingerprint density at radius 1 is 0.955 bits per heavy atom. The third kappa shape index (κ3) is 2.93. The second-order valence-electron chi connectivity index (χ2n) is 5.33. The fourth-order valence-corrected chi connectivity index (χ4v) is 2.58. The molecule has 1 aliphatic rings. The molecule has 0 aliphatic carbocycles. The maximum absolute atomic E-state index is 13.6. The van der Waals surface area contributed by atoms with Crippen molar-refractivity contribution in [2.45, 2.75) is 25.6 Å². The average Bonchev–Trinajstić information content (AvgIpc) is 2.89. The van der Waals surface area contributed by atoms with Gasteiger partial charge in [0.2, 0.25) is 0 Å². The van der Waals surface area contributed by atoms with Crippen LogP contribution in [0.3, 0.4) is 0 Å². The van der Waals surface area contributed by atoms with Crippen molar-refractivity contribution in [3.63, 3.8) is 0 Å². The molecule has 0 amide bonds. The van der Waals surface area contributed by atoms with Gasteiger partial charge in [0.25, 0.3) is 0 Å². The highest BCUT2D eigenvalue weighted by Gasteiger charge is 2.27. The summed E-state index contributed by atoms with van der Waals surface area (Å²) >= 11 is 0. The van der Waals surface area contributed by atoms with Gasteiger partial charge in [-0.2, -0.15) is 0 Å². The highest BCUT2D eigenvalue weighted by atomic mass is 19.1. The topological polar surface area (TPSA) is 36.4 Å². The Labute approximate surface area is 128 Å². The number of nitrogens with one attached hydrogen (secondary N) is 2. The first kappa shape index (κ1) is 14.5. The molecule has 2 atom stereocenters. The zero-order valence-electron chi connectivity index (χ0n) is 12.2. The molecule has 0 unspecified atom stereocenters. The molecule has 5 heteroatoms. The Morgan fingerprint density at radius 3 is 2.32 bits per heavy atom. The van der Waals surface area contributed by atoms with Crippen molar-refractivity contribution in [1.29, 1.82) is 0 Å². The quantitative estimate of drug-likeness (QED) is 0.914. The molecule has 0 radical (unpaired) electrons. The first-order chi connectivity index (χ1) is 10.6. The monoisotopic (exact) mass is 301 g/mol. The summed E-state index contributed by atoms with van der Waals surface area (Å²) in [4.78, 5) is 4.26. The molecule has 1 saturated heterocycles. The lowest BCUT2D eigenvalue weighted by Crippen LogP contribution is -2.26. The number of guanidine groups is 1. The van der Waals surface area contributed by atoms with E-state index in [9.17, 15) is 8.78 Å². The van der Waals surface area contributed by atoms with Crippen molar-refractivity contribution >= 4 is 5.96 Å². The summed E-state index contributed by atoms with van der Waals surface area (Å²) in [6.07, 6.45) is 0. The van der Waals surface area contributed by atoms with E-state index < -0.39 is 11.6 Å². The molecular formula is C17H17F2N3. The lowest BCUT2D eigenvalue weighted by Gasteiger charge is -2.14. The normalized spacial score (nSPS) is 22.4. The largest absolute Gasteiger partial charge is 0.352 e. The van der Waals surface area contributed by atoms with Crippen LogP contribution in [0.5, 0.6) is 0 Å². The van der Waals surface area contributed by atoms with Crippen LogP contribution in [0.15, 0.2) is 53.5 Å². The lowest BCUT2D eigenvalue weighted by molar-refractivity contribution is 0.557. The lowest BCUT2D eigenvalue weighted by atomic mass is 10.0. The van der Waals surface area contributed by atoms with Crippen LogP contribution in [0, 0.1) is 11.6 Å². The van der Waals surface area contributed by atoms with E-state index in [-0.39, 0.29) is 24.2 Å². The van der Waals surface area contributed by atoms with Gasteiger partial charge >= 0.3 is 0 Å². The van der Waals surface area contributed by atoms with Crippen molar-refractivity contribution in [3.05, 3.63) is 71.3 Å². The van der Waals surface area contributed by atoms with Gasteiger partial charge in [0.15, 0.2) is 5.96 Å². The predicted molar refractivity (Wildman–Crippen MR) is 82.4 cm³/mol. The summed E-state index contributed by atoms with van der Waals surface area (Å²) in [5.41, 5.74) is 1.12. The van der Waals surface area contributed by atoms with E-state index in [2.05, 4.69) is 15.6 Å². The zero-order chi connectivity index (χ0) is 15.5. The minimum atomic E-state index is -0.574. The van der Waals surface area contributed by atoms with Crippen LogP contribution in [-0.2, 0) is 6.54 Å². The Bertz CT molecular complexity index is 665. The molecular weight excluding hydrogens is 284 g/mol. The summed E-state index contributed by atoms with van der Waals surface area (Å²) in [6, 6.07) is 14.1. The zero-order valence-corrected chi connectivity index (χ0v) is 12.2. The molecule has 1 aliphatic heterocycles. The minimum Gasteiger partial charge on any atom is -0.352 e. The summed E-state index contributed by atoms with van der Waals surface area (Å²) in [7, 11) is 0. The molecule has 0 bridgehead atoms. The van der Waals surface area contributed by atoms with Crippen molar-refractivity contribution in [3.8, 4) is 0 Å². The van der Waals surface area contributed by atoms with Gasteiger partial charge < -0.3 is 10.6 Å². The number of aliphatic imine (C=N–C) groups is 1. The number of nitrogens with zero attached hydrogens (tertiary/aromatic N) is 1. The van der Waals surface area contributed by atoms with Crippen LogP contribution in [-0.4, -0.2) is 12.0 Å². The third-order valence-electron chi connectivity index (χ3n) is 3.77. The second-order valence-corrected chi connectivity index (χ2v) is 5.33. The molecule has 1 heterocycles. The molecule has 2 aromatic rings. The maximum Gasteiger partial charge on any atom is 0.192 e. The van der Waals surface area contributed by atoms with E-state index >= 15 is 0 Å². The Morgan fingerprint density at radius 2 is 1.64 bits per heavy atom. The molecule has 3 nitrogen and oxygen atoms in total. The third-order valence-corrected chi connectivity index (χ3v) is 3.77. The molecule has 0 saturated carbocycles. The van der Waals surface area contributed by atoms with Gasteiger partial charge in [0.05, 0.1) is 18.6 Å². The van der Waals surface area contributed by atoms with Crippen LogP contribution in [0.2, 0.25) is 0 Å². The van der Waals surface area contributed by atoms with Gasteiger partial charge in [-0.15, -0.1) is 0 Å². The Kier molecular flexibility index (Phi) is 4.04. The number of benzene rings is 2. The van der Waals surface area contributed by atoms with E-state index in [0.29, 0.717) is 5.96 Å². The van der Waals surface area contributed by atoms with E-state index in [0.717, 1.165) is 5.56 Å². The molecule has 3 rings (SSSR count). The van der Waals surface area contributed by atoms with Crippen molar-refractivity contribution in [2.75, 3.05) is 0 Å². The predicted octanol–water partition coefficient (Wildman–Crippen LogP) is 3.14. The smallest absolute Gasteiger partial charge is 0.192 e. The Balaban J connectivity index is 1.74. The second kappa shape index (κ2) is 6.13. The van der Waals surface area contributed by atoms with E-state index in [1.54, 1.807) is 0 Å². The SMILES string of the molecule is C[C@@H]1NC(=NCc2c(F)cccc2F)N[C@@H]1c1ccccc1. The number of rotatable bonds is 3. The molecule has 0 spiro atoms. The van der Waals surface area contributed by atoms with Crippen molar-refractivity contribution < 1.29 is 8.78 Å². The first-order valence-electron chi connectivity index (χ1n) is 7.20. The average molecular weight is 301 g/mol. The molecule has 1 fully saturated rings. The molecule has 114 valence electrons.